The van der Waals surface area contributed by atoms with Gasteiger partial charge in [-0.1, -0.05) is 16.8 Å². The molecule has 3 aromatic rings. The van der Waals surface area contributed by atoms with Gasteiger partial charge in [-0.15, -0.1) is 0 Å². The molecule has 0 spiro atoms. The Bertz CT molecular complexity index is 1110. The number of carboxylic acids is 1. The van der Waals surface area contributed by atoms with Gasteiger partial charge < -0.3 is 19.7 Å². The highest BCUT2D eigenvalue weighted by Gasteiger charge is 2.20. The number of aromatic nitrogens is 2. The predicted octanol–water partition coefficient (Wildman–Crippen LogP) is 5.68. The van der Waals surface area contributed by atoms with Gasteiger partial charge in [0.05, 0.1) is 11.1 Å². The van der Waals surface area contributed by atoms with Gasteiger partial charge in [-0.05, 0) is 81.0 Å². The zero-order chi connectivity index (χ0) is 22.7. The number of carboxylic acid groups (broad SMARTS) is 1. The third kappa shape index (κ3) is 5.22. The zero-order valence-electron chi connectivity index (χ0n) is 18.1. The maximum Gasteiger partial charge on any atom is 0.303 e. The minimum absolute atomic E-state index is 0.0276. The third-order valence-electron chi connectivity index (χ3n) is 5.47. The molecule has 1 atom stereocenters. The Labute approximate surface area is 191 Å². The number of nitrogens with one attached hydrogen (secondary N) is 1. The van der Waals surface area contributed by atoms with Crippen LogP contribution in [0.15, 0.2) is 40.9 Å². The Kier molecular flexibility index (Phi) is 6.65. The Morgan fingerprint density at radius 1 is 1.28 bits per heavy atom. The van der Waals surface area contributed by atoms with Crippen LogP contribution in [0.3, 0.4) is 0 Å². The van der Waals surface area contributed by atoms with Gasteiger partial charge in [0.1, 0.15) is 5.75 Å². The molecule has 0 radical (unpaired) electrons. The molecule has 2 N–H and O–H groups in total. The summed E-state index contributed by atoms with van der Waals surface area (Å²) < 4.78 is 11.2. The second kappa shape index (κ2) is 9.61. The van der Waals surface area contributed by atoms with Crippen LogP contribution in [0.2, 0.25) is 5.02 Å². The van der Waals surface area contributed by atoms with Crippen molar-refractivity contribution < 1.29 is 19.2 Å². The fraction of sp³-hybridized carbons (Fsp3) is 0.375. The van der Waals surface area contributed by atoms with Gasteiger partial charge in [0.2, 0.25) is 5.82 Å². The number of anilines is 1. The van der Waals surface area contributed by atoms with Crippen molar-refractivity contribution in [3.05, 3.63) is 47.0 Å². The lowest BCUT2D eigenvalue weighted by Crippen LogP contribution is -2.08. The van der Waals surface area contributed by atoms with Crippen LogP contribution in [0.5, 0.6) is 5.75 Å². The topological polar surface area (TPSA) is 97.5 Å². The average Bonchev–Trinajstić information content (AvgIpc) is 3.15. The third-order valence-corrected chi connectivity index (χ3v) is 5.77. The Morgan fingerprint density at radius 3 is 2.84 bits per heavy atom. The number of nitrogens with zero attached hydrogens (tertiary/aromatic N) is 2. The van der Waals surface area contributed by atoms with Crippen LogP contribution in [-0.2, 0) is 11.2 Å². The van der Waals surface area contributed by atoms with Crippen LogP contribution in [0.4, 0.5) is 5.69 Å². The summed E-state index contributed by atoms with van der Waals surface area (Å²) in [5, 5.41) is 17.1. The van der Waals surface area contributed by atoms with Crippen LogP contribution < -0.4 is 10.1 Å². The maximum absolute atomic E-state index is 11.0. The molecule has 2 aromatic carbocycles. The van der Waals surface area contributed by atoms with Crippen molar-refractivity contribution >= 4 is 23.3 Å². The maximum atomic E-state index is 11.0. The van der Waals surface area contributed by atoms with Crippen molar-refractivity contribution in [1.29, 1.82) is 0 Å². The largest absolute Gasteiger partial charge is 0.489 e. The number of carbonyl (C=O) groups is 1. The monoisotopic (exact) mass is 455 g/mol. The van der Waals surface area contributed by atoms with E-state index in [1.807, 2.05) is 32.0 Å². The zero-order valence-corrected chi connectivity index (χ0v) is 18.9. The summed E-state index contributed by atoms with van der Waals surface area (Å²) in [4.78, 5) is 15.5. The molecule has 2 heterocycles. The fourth-order valence-corrected chi connectivity index (χ4v) is 4.14. The molecule has 7 nitrogen and oxygen atoms in total. The van der Waals surface area contributed by atoms with E-state index in [1.54, 1.807) is 12.1 Å². The lowest BCUT2D eigenvalue weighted by molar-refractivity contribution is -0.137. The first-order chi connectivity index (χ1) is 15.4. The summed E-state index contributed by atoms with van der Waals surface area (Å²) in [5.74, 6) is 1.06. The molecule has 8 heteroatoms. The standard InChI is InChI=1S/C24H26ClN3O4/c1-14(2)31-21-7-5-17(13-19(21)25)24-27-23(28-32-24)16-4-6-20-18(12-16)11-15(9-10-26-20)3-8-22(29)30/h4-7,12-15,26H,3,8-11H2,1-2H3,(H,29,30). The van der Waals surface area contributed by atoms with Gasteiger partial charge >= 0.3 is 5.97 Å². The van der Waals surface area contributed by atoms with Crippen LogP contribution in [0, 0.1) is 5.92 Å². The van der Waals surface area contributed by atoms with E-state index in [4.69, 9.17) is 26.0 Å². The number of ether oxygens (including phenoxy) is 1. The minimum atomic E-state index is -0.751. The van der Waals surface area contributed by atoms with Gasteiger partial charge in [-0.2, -0.15) is 4.98 Å². The van der Waals surface area contributed by atoms with Crippen LogP contribution in [-0.4, -0.2) is 33.9 Å². The molecule has 32 heavy (non-hydrogen) atoms. The lowest BCUT2D eigenvalue weighted by atomic mass is 9.92. The highest BCUT2D eigenvalue weighted by molar-refractivity contribution is 6.32. The number of fused-ring (bicyclic) bond motifs is 1. The number of hydrogen-bond donors (Lipinski definition) is 2. The van der Waals surface area contributed by atoms with Crippen molar-refractivity contribution in [2.24, 2.45) is 5.92 Å². The number of aliphatic carboxylic acids is 1. The molecule has 1 aliphatic rings. The quantitative estimate of drug-likeness (QED) is 0.472. The molecule has 168 valence electrons. The molecule has 0 aliphatic carbocycles. The second-order valence-corrected chi connectivity index (χ2v) is 8.73. The average molecular weight is 456 g/mol. The van der Waals surface area contributed by atoms with Gasteiger partial charge in [0.25, 0.3) is 5.89 Å². The van der Waals surface area contributed by atoms with Crippen molar-refractivity contribution in [3.8, 4) is 28.6 Å². The summed E-state index contributed by atoms with van der Waals surface area (Å²) in [6.07, 6.45) is 2.66. The van der Waals surface area contributed by atoms with E-state index in [0.717, 1.165) is 41.8 Å². The number of halogens is 1. The van der Waals surface area contributed by atoms with Crippen molar-refractivity contribution in [3.63, 3.8) is 0 Å². The first kappa shape index (κ1) is 22.1. The SMILES string of the molecule is CC(C)Oc1ccc(-c2nc(-c3ccc4c(c3)CC(CCC(=O)O)CCN4)no2)cc1Cl. The summed E-state index contributed by atoms with van der Waals surface area (Å²) in [6.45, 7) is 4.72. The smallest absolute Gasteiger partial charge is 0.303 e. The molecular weight excluding hydrogens is 430 g/mol. The normalized spacial score (nSPS) is 15.7. The van der Waals surface area contributed by atoms with Gasteiger partial charge in [0, 0.05) is 29.8 Å². The van der Waals surface area contributed by atoms with E-state index in [-0.39, 0.29) is 12.5 Å². The summed E-state index contributed by atoms with van der Waals surface area (Å²) in [7, 11) is 0. The molecule has 0 bridgehead atoms. The van der Waals surface area contributed by atoms with Crippen molar-refractivity contribution in [2.75, 3.05) is 11.9 Å². The van der Waals surface area contributed by atoms with Gasteiger partial charge in [-0.25, -0.2) is 0 Å². The molecule has 1 unspecified atom stereocenters. The van der Waals surface area contributed by atoms with E-state index in [9.17, 15) is 4.79 Å². The molecule has 1 aliphatic heterocycles. The molecule has 0 fully saturated rings. The Balaban J connectivity index is 1.55. The first-order valence-corrected chi connectivity index (χ1v) is 11.2. The molecule has 1 aromatic heterocycles. The van der Waals surface area contributed by atoms with Crippen LogP contribution >= 0.6 is 11.6 Å². The fourth-order valence-electron chi connectivity index (χ4n) is 3.91. The minimum Gasteiger partial charge on any atom is -0.489 e. The highest BCUT2D eigenvalue weighted by atomic mass is 35.5. The first-order valence-electron chi connectivity index (χ1n) is 10.8. The molecule has 0 amide bonds. The number of benzene rings is 2. The summed E-state index contributed by atoms with van der Waals surface area (Å²) in [6, 6.07) is 11.4. The number of hydrogen-bond acceptors (Lipinski definition) is 6. The summed E-state index contributed by atoms with van der Waals surface area (Å²) in [5.41, 5.74) is 3.78. The van der Waals surface area contributed by atoms with Crippen molar-refractivity contribution in [2.45, 2.75) is 45.6 Å². The molecule has 0 saturated heterocycles. The van der Waals surface area contributed by atoms with E-state index < -0.39 is 5.97 Å². The Morgan fingerprint density at radius 2 is 2.09 bits per heavy atom. The summed E-state index contributed by atoms with van der Waals surface area (Å²) >= 11 is 6.34. The van der Waals surface area contributed by atoms with Gasteiger partial charge in [-0.3, -0.25) is 4.79 Å². The van der Waals surface area contributed by atoms with Crippen LogP contribution in [0.25, 0.3) is 22.8 Å². The lowest BCUT2D eigenvalue weighted by Gasteiger charge is -2.13. The predicted molar refractivity (Wildman–Crippen MR) is 123 cm³/mol. The number of rotatable bonds is 7. The van der Waals surface area contributed by atoms with Crippen LogP contribution in [0.1, 0.15) is 38.7 Å². The van der Waals surface area contributed by atoms with E-state index in [1.165, 1.54) is 0 Å². The molecular formula is C24H26ClN3O4. The van der Waals surface area contributed by atoms with Gasteiger partial charge in [0.15, 0.2) is 0 Å². The molecule has 4 rings (SSSR count). The highest BCUT2D eigenvalue weighted by Crippen LogP contribution is 2.33. The van der Waals surface area contributed by atoms with E-state index in [2.05, 4.69) is 21.5 Å². The second-order valence-electron chi connectivity index (χ2n) is 8.32. The molecule has 0 saturated carbocycles. The van der Waals surface area contributed by atoms with Crippen molar-refractivity contribution in [1.82, 2.24) is 10.1 Å². The van der Waals surface area contributed by atoms with E-state index >= 15 is 0 Å². The van der Waals surface area contributed by atoms with E-state index in [0.29, 0.717) is 34.8 Å². The Hall–Kier alpha value is -3.06.